The van der Waals surface area contributed by atoms with Crippen LogP contribution in [0.3, 0.4) is 0 Å². The van der Waals surface area contributed by atoms with E-state index in [9.17, 15) is 4.39 Å². The van der Waals surface area contributed by atoms with Gasteiger partial charge in [0.2, 0.25) is 5.88 Å². The van der Waals surface area contributed by atoms with Crippen molar-refractivity contribution in [1.82, 2.24) is 4.98 Å². The minimum absolute atomic E-state index is 0.152. The van der Waals surface area contributed by atoms with Gasteiger partial charge in [-0.25, -0.2) is 9.37 Å². The van der Waals surface area contributed by atoms with E-state index in [1.54, 1.807) is 0 Å². The molecule has 0 amide bonds. The van der Waals surface area contributed by atoms with E-state index < -0.39 is 5.82 Å². The van der Waals surface area contributed by atoms with E-state index in [2.05, 4.69) is 4.98 Å². The molecule has 100 valence electrons. The SMILES string of the molecule is Fc1cnc(OCCOc2ccccc2)c(CCl)c1. The molecule has 2 aromatic rings. The Kier molecular flexibility index (Phi) is 4.98. The first kappa shape index (κ1) is 13.6. The lowest BCUT2D eigenvalue weighted by Crippen LogP contribution is -2.10. The summed E-state index contributed by atoms with van der Waals surface area (Å²) < 4.78 is 23.8. The number of nitrogens with zero attached hydrogens (tertiary/aromatic N) is 1. The highest BCUT2D eigenvalue weighted by Crippen LogP contribution is 2.18. The highest BCUT2D eigenvalue weighted by Gasteiger charge is 2.06. The quantitative estimate of drug-likeness (QED) is 0.600. The molecule has 0 saturated heterocycles. The Morgan fingerprint density at radius 1 is 1.11 bits per heavy atom. The Bertz CT molecular complexity index is 522. The standard InChI is InChI=1S/C14H13ClFNO2/c15-9-11-8-12(16)10-17-14(11)19-7-6-18-13-4-2-1-3-5-13/h1-5,8,10H,6-7,9H2. The Balaban J connectivity index is 1.83. The Labute approximate surface area is 115 Å². The molecule has 0 bridgehead atoms. The van der Waals surface area contributed by atoms with E-state index in [-0.39, 0.29) is 5.88 Å². The fourth-order valence-electron chi connectivity index (χ4n) is 1.51. The average molecular weight is 282 g/mol. The molecule has 3 nitrogen and oxygen atoms in total. The first-order valence-corrected chi connectivity index (χ1v) is 6.34. The van der Waals surface area contributed by atoms with Gasteiger partial charge in [-0.05, 0) is 18.2 Å². The molecule has 0 aliphatic carbocycles. The van der Waals surface area contributed by atoms with Gasteiger partial charge in [-0.2, -0.15) is 0 Å². The van der Waals surface area contributed by atoms with Gasteiger partial charge in [0.1, 0.15) is 24.8 Å². The molecular weight excluding hydrogens is 269 g/mol. The molecule has 0 aliphatic heterocycles. The van der Waals surface area contributed by atoms with Gasteiger partial charge in [0.15, 0.2) is 0 Å². The molecule has 0 saturated carbocycles. The van der Waals surface area contributed by atoms with Gasteiger partial charge < -0.3 is 9.47 Å². The van der Waals surface area contributed by atoms with Crippen LogP contribution in [0.1, 0.15) is 5.56 Å². The second-order valence-corrected chi connectivity index (χ2v) is 4.03. The van der Waals surface area contributed by atoms with Crippen LogP contribution in [-0.2, 0) is 5.88 Å². The number of halogens is 2. The van der Waals surface area contributed by atoms with Gasteiger partial charge >= 0.3 is 0 Å². The van der Waals surface area contributed by atoms with E-state index >= 15 is 0 Å². The average Bonchev–Trinajstić information content (AvgIpc) is 2.46. The highest BCUT2D eigenvalue weighted by atomic mass is 35.5. The lowest BCUT2D eigenvalue weighted by atomic mass is 10.3. The van der Waals surface area contributed by atoms with Gasteiger partial charge in [-0.15, -0.1) is 11.6 Å². The van der Waals surface area contributed by atoms with Crippen LogP contribution in [0.2, 0.25) is 0 Å². The fourth-order valence-corrected chi connectivity index (χ4v) is 1.70. The van der Waals surface area contributed by atoms with Crippen molar-refractivity contribution in [3.05, 3.63) is 54.0 Å². The molecular formula is C14H13ClFNO2. The van der Waals surface area contributed by atoms with Crippen molar-refractivity contribution in [1.29, 1.82) is 0 Å². The zero-order valence-electron chi connectivity index (χ0n) is 10.2. The van der Waals surface area contributed by atoms with Crippen molar-refractivity contribution in [2.24, 2.45) is 0 Å². The van der Waals surface area contributed by atoms with E-state index in [0.29, 0.717) is 24.7 Å². The van der Waals surface area contributed by atoms with Crippen molar-refractivity contribution in [2.75, 3.05) is 13.2 Å². The number of benzene rings is 1. The summed E-state index contributed by atoms with van der Waals surface area (Å²) in [7, 11) is 0. The topological polar surface area (TPSA) is 31.4 Å². The van der Waals surface area contributed by atoms with E-state index in [1.807, 2.05) is 30.3 Å². The molecule has 0 aliphatic rings. The molecule has 5 heteroatoms. The van der Waals surface area contributed by atoms with Crippen LogP contribution in [0.15, 0.2) is 42.6 Å². The predicted molar refractivity (Wildman–Crippen MR) is 71.2 cm³/mol. The number of aromatic nitrogens is 1. The number of para-hydroxylation sites is 1. The molecule has 0 N–H and O–H groups in total. The maximum absolute atomic E-state index is 12.9. The van der Waals surface area contributed by atoms with Crippen molar-refractivity contribution >= 4 is 11.6 Å². The third-order valence-electron chi connectivity index (χ3n) is 2.37. The third-order valence-corrected chi connectivity index (χ3v) is 2.66. The molecule has 0 spiro atoms. The predicted octanol–water partition coefficient (Wildman–Crippen LogP) is 3.42. The second-order valence-electron chi connectivity index (χ2n) is 3.76. The Morgan fingerprint density at radius 2 is 1.84 bits per heavy atom. The molecule has 2 rings (SSSR count). The molecule has 1 aromatic carbocycles. The highest BCUT2D eigenvalue weighted by molar-refractivity contribution is 6.17. The van der Waals surface area contributed by atoms with Crippen molar-refractivity contribution in [3.8, 4) is 11.6 Å². The molecule has 0 unspecified atom stereocenters. The number of rotatable bonds is 6. The third kappa shape index (κ3) is 4.10. The minimum Gasteiger partial charge on any atom is -0.490 e. The molecule has 0 radical (unpaired) electrons. The van der Waals surface area contributed by atoms with Crippen LogP contribution in [0.4, 0.5) is 4.39 Å². The first-order chi connectivity index (χ1) is 9.29. The summed E-state index contributed by atoms with van der Waals surface area (Å²) in [5.41, 5.74) is 0.529. The maximum atomic E-state index is 12.9. The van der Waals surface area contributed by atoms with Crippen LogP contribution >= 0.6 is 11.6 Å². The summed E-state index contributed by atoms with van der Waals surface area (Å²) in [4.78, 5) is 3.86. The van der Waals surface area contributed by atoms with E-state index in [0.717, 1.165) is 11.9 Å². The Hall–Kier alpha value is -1.81. The van der Waals surface area contributed by atoms with Gasteiger partial charge in [0.25, 0.3) is 0 Å². The van der Waals surface area contributed by atoms with Crippen molar-refractivity contribution in [3.63, 3.8) is 0 Å². The van der Waals surface area contributed by atoms with Crippen LogP contribution in [0.5, 0.6) is 11.6 Å². The summed E-state index contributed by atoms with van der Waals surface area (Å²) in [5, 5.41) is 0. The number of pyridine rings is 1. The van der Waals surface area contributed by atoms with Gasteiger partial charge in [-0.1, -0.05) is 18.2 Å². The van der Waals surface area contributed by atoms with E-state index in [1.165, 1.54) is 6.07 Å². The molecule has 1 aromatic heterocycles. The zero-order chi connectivity index (χ0) is 13.5. The summed E-state index contributed by atoms with van der Waals surface area (Å²) in [6, 6.07) is 10.7. The summed E-state index contributed by atoms with van der Waals surface area (Å²) in [6.45, 7) is 0.697. The number of alkyl halides is 1. The first-order valence-electron chi connectivity index (χ1n) is 5.80. The second kappa shape index (κ2) is 6.95. The fraction of sp³-hybridized carbons (Fsp3) is 0.214. The maximum Gasteiger partial charge on any atom is 0.218 e. The number of ether oxygens (including phenoxy) is 2. The van der Waals surface area contributed by atoms with Gasteiger partial charge in [0, 0.05) is 5.56 Å². The summed E-state index contributed by atoms with van der Waals surface area (Å²) >= 11 is 5.69. The van der Waals surface area contributed by atoms with Crippen molar-refractivity contribution in [2.45, 2.75) is 5.88 Å². The summed E-state index contributed by atoms with van der Waals surface area (Å²) in [6.07, 6.45) is 1.10. The lowest BCUT2D eigenvalue weighted by Gasteiger charge is -2.09. The normalized spacial score (nSPS) is 10.2. The lowest BCUT2D eigenvalue weighted by molar-refractivity contribution is 0.210. The smallest absolute Gasteiger partial charge is 0.218 e. The van der Waals surface area contributed by atoms with Crippen LogP contribution in [0, 0.1) is 5.82 Å². The number of hydrogen-bond donors (Lipinski definition) is 0. The zero-order valence-corrected chi connectivity index (χ0v) is 10.9. The van der Waals surface area contributed by atoms with Gasteiger partial charge in [0.05, 0.1) is 12.1 Å². The number of hydrogen-bond acceptors (Lipinski definition) is 3. The van der Waals surface area contributed by atoms with Crippen molar-refractivity contribution < 1.29 is 13.9 Å². The minimum atomic E-state index is -0.427. The van der Waals surface area contributed by atoms with Gasteiger partial charge in [-0.3, -0.25) is 0 Å². The largest absolute Gasteiger partial charge is 0.490 e. The summed E-state index contributed by atoms with van der Waals surface area (Å²) in [5.74, 6) is 0.840. The van der Waals surface area contributed by atoms with E-state index in [4.69, 9.17) is 21.1 Å². The molecule has 19 heavy (non-hydrogen) atoms. The molecule has 1 heterocycles. The molecule has 0 atom stereocenters. The van der Waals surface area contributed by atoms with Crippen LogP contribution < -0.4 is 9.47 Å². The van der Waals surface area contributed by atoms with Crippen LogP contribution in [0.25, 0.3) is 0 Å². The van der Waals surface area contributed by atoms with Crippen LogP contribution in [-0.4, -0.2) is 18.2 Å². The Morgan fingerprint density at radius 3 is 2.58 bits per heavy atom. The molecule has 0 fully saturated rings. The monoisotopic (exact) mass is 281 g/mol.